The van der Waals surface area contributed by atoms with Crippen LogP contribution in [0.2, 0.25) is 0 Å². The zero-order chi connectivity index (χ0) is 13.7. The van der Waals surface area contributed by atoms with Gasteiger partial charge in [0.2, 0.25) is 0 Å². The van der Waals surface area contributed by atoms with Crippen molar-refractivity contribution < 1.29 is 4.74 Å². The van der Waals surface area contributed by atoms with Gasteiger partial charge >= 0.3 is 0 Å². The minimum Gasteiger partial charge on any atom is -0.495 e. The Morgan fingerprint density at radius 2 is 1.95 bits per heavy atom. The van der Waals surface area contributed by atoms with Gasteiger partial charge in [0.15, 0.2) is 0 Å². The number of hydrogen-bond donors (Lipinski definition) is 1. The number of aryl methyl sites for hydroxylation is 1. The van der Waals surface area contributed by atoms with Crippen LogP contribution < -0.4 is 10.1 Å². The molecule has 1 N–H and O–H groups in total. The molecule has 0 spiro atoms. The molecule has 2 heteroatoms. The Balaban J connectivity index is 1.53. The van der Waals surface area contributed by atoms with Crippen LogP contribution >= 0.6 is 0 Å². The Morgan fingerprint density at radius 1 is 1.10 bits per heavy atom. The first kappa shape index (κ1) is 12.6. The molecule has 0 aromatic heterocycles. The first-order chi connectivity index (χ1) is 9.76. The van der Waals surface area contributed by atoms with Crippen LogP contribution in [0.4, 0.5) is 5.69 Å². The van der Waals surface area contributed by atoms with Crippen LogP contribution in [0, 0.1) is 30.6 Å². The smallest absolute Gasteiger partial charge is 0.142 e. The van der Waals surface area contributed by atoms with Crippen molar-refractivity contribution in [2.75, 3.05) is 12.4 Å². The number of benzene rings is 1. The molecule has 1 aromatic rings. The van der Waals surface area contributed by atoms with Crippen LogP contribution in [-0.2, 0) is 0 Å². The SMILES string of the molecule is COc1cc(C)ccc1NC1CC2CC1C1CCCC21. The molecule has 0 heterocycles. The maximum atomic E-state index is 5.54. The first-order valence-corrected chi connectivity index (χ1v) is 8.17. The lowest BCUT2D eigenvalue weighted by Crippen LogP contribution is -2.34. The standard InChI is InChI=1S/C18H25NO/c1-11-6-7-16(18(8-11)20-2)19-17-10-12-9-15(17)14-5-3-4-13(12)14/h6-8,12-15,17,19H,3-5,9-10H2,1-2H3. The van der Waals surface area contributed by atoms with Crippen LogP contribution in [0.3, 0.4) is 0 Å². The summed E-state index contributed by atoms with van der Waals surface area (Å²) in [5, 5.41) is 3.81. The van der Waals surface area contributed by atoms with Gasteiger partial charge in [-0.05, 0) is 74.0 Å². The van der Waals surface area contributed by atoms with Gasteiger partial charge in [0.25, 0.3) is 0 Å². The molecule has 0 aliphatic heterocycles. The first-order valence-electron chi connectivity index (χ1n) is 8.17. The molecule has 2 bridgehead atoms. The second-order valence-corrected chi connectivity index (χ2v) is 7.11. The third-order valence-corrected chi connectivity index (χ3v) is 6.13. The lowest BCUT2D eigenvalue weighted by molar-refractivity contribution is 0.243. The zero-order valence-corrected chi connectivity index (χ0v) is 12.6. The molecule has 108 valence electrons. The number of fused-ring (bicyclic) bond motifs is 5. The van der Waals surface area contributed by atoms with E-state index in [0.29, 0.717) is 6.04 Å². The summed E-state index contributed by atoms with van der Waals surface area (Å²) in [7, 11) is 1.77. The van der Waals surface area contributed by atoms with Gasteiger partial charge in [-0.25, -0.2) is 0 Å². The van der Waals surface area contributed by atoms with Gasteiger partial charge in [-0.2, -0.15) is 0 Å². The summed E-state index contributed by atoms with van der Waals surface area (Å²) < 4.78 is 5.54. The largest absolute Gasteiger partial charge is 0.495 e. The van der Waals surface area contributed by atoms with Gasteiger partial charge in [0.05, 0.1) is 12.8 Å². The molecule has 5 atom stereocenters. The number of rotatable bonds is 3. The summed E-state index contributed by atoms with van der Waals surface area (Å²) in [5.41, 5.74) is 2.45. The zero-order valence-electron chi connectivity index (χ0n) is 12.6. The maximum absolute atomic E-state index is 5.54. The fourth-order valence-electron chi connectivity index (χ4n) is 5.35. The molecular formula is C18H25NO. The molecule has 1 aromatic carbocycles. The monoisotopic (exact) mass is 271 g/mol. The number of methoxy groups -OCH3 is 1. The predicted octanol–water partition coefficient (Wildman–Crippen LogP) is 4.24. The van der Waals surface area contributed by atoms with E-state index in [2.05, 4.69) is 30.4 Å². The summed E-state index contributed by atoms with van der Waals surface area (Å²) in [6.07, 6.45) is 7.31. The highest BCUT2D eigenvalue weighted by molar-refractivity contribution is 5.58. The van der Waals surface area contributed by atoms with Crippen molar-refractivity contribution in [3.05, 3.63) is 23.8 Å². The van der Waals surface area contributed by atoms with Crippen LogP contribution in [0.15, 0.2) is 18.2 Å². The molecular weight excluding hydrogens is 246 g/mol. The van der Waals surface area contributed by atoms with Gasteiger partial charge < -0.3 is 10.1 Å². The number of nitrogens with one attached hydrogen (secondary N) is 1. The Hall–Kier alpha value is -1.18. The van der Waals surface area contributed by atoms with E-state index in [1.165, 1.54) is 43.4 Å². The van der Waals surface area contributed by atoms with Gasteiger partial charge in [-0.3, -0.25) is 0 Å². The molecule has 0 saturated heterocycles. The Labute approximate surface area is 121 Å². The fraction of sp³-hybridized carbons (Fsp3) is 0.667. The Bertz CT molecular complexity index is 512. The van der Waals surface area contributed by atoms with E-state index in [1.807, 2.05) is 0 Å². The lowest BCUT2D eigenvalue weighted by Gasteiger charge is -2.33. The van der Waals surface area contributed by atoms with Crippen molar-refractivity contribution in [3.63, 3.8) is 0 Å². The van der Waals surface area contributed by atoms with E-state index in [9.17, 15) is 0 Å². The van der Waals surface area contributed by atoms with Gasteiger partial charge in [0.1, 0.15) is 5.75 Å². The van der Waals surface area contributed by atoms with E-state index in [0.717, 1.165) is 29.4 Å². The lowest BCUT2D eigenvalue weighted by atomic mass is 9.79. The number of anilines is 1. The second-order valence-electron chi connectivity index (χ2n) is 7.11. The predicted molar refractivity (Wildman–Crippen MR) is 82.2 cm³/mol. The highest BCUT2D eigenvalue weighted by Gasteiger charge is 2.53. The topological polar surface area (TPSA) is 21.3 Å². The van der Waals surface area contributed by atoms with E-state index in [4.69, 9.17) is 4.74 Å². The summed E-state index contributed by atoms with van der Waals surface area (Å²) in [4.78, 5) is 0. The molecule has 3 fully saturated rings. The molecule has 2 nitrogen and oxygen atoms in total. The summed E-state index contributed by atoms with van der Waals surface area (Å²) in [6, 6.07) is 7.17. The van der Waals surface area contributed by atoms with Crippen LogP contribution in [0.1, 0.15) is 37.7 Å². The van der Waals surface area contributed by atoms with E-state index in [-0.39, 0.29) is 0 Å². The highest BCUT2D eigenvalue weighted by Crippen LogP contribution is 2.59. The third kappa shape index (κ3) is 1.84. The molecule has 0 amide bonds. The molecule has 20 heavy (non-hydrogen) atoms. The van der Waals surface area contributed by atoms with Crippen molar-refractivity contribution in [3.8, 4) is 5.75 Å². The van der Waals surface area contributed by atoms with Crippen LogP contribution in [0.5, 0.6) is 5.75 Å². The maximum Gasteiger partial charge on any atom is 0.142 e. The van der Waals surface area contributed by atoms with E-state index < -0.39 is 0 Å². The van der Waals surface area contributed by atoms with E-state index >= 15 is 0 Å². The molecule has 4 rings (SSSR count). The Morgan fingerprint density at radius 3 is 2.80 bits per heavy atom. The van der Waals surface area contributed by atoms with Crippen LogP contribution in [-0.4, -0.2) is 13.2 Å². The van der Waals surface area contributed by atoms with Crippen LogP contribution in [0.25, 0.3) is 0 Å². The average Bonchev–Trinajstić information content (AvgIpc) is 3.12. The average molecular weight is 271 g/mol. The summed E-state index contributed by atoms with van der Waals surface area (Å²) >= 11 is 0. The number of ether oxygens (including phenoxy) is 1. The molecule has 3 aliphatic carbocycles. The second kappa shape index (κ2) is 4.68. The Kier molecular flexibility index (Phi) is 2.94. The summed E-state index contributed by atoms with van der Waals surface area (Å²) in [6.45, 7) is 2.12. The molecule has 3 aliphatic rings. The minimum atomic E-state index is 0.677. The van der Waals surface area contributed by atoms with Crippen molar-refractivity contribution in [2.24, 2.45) is 23.7 Å². The minimum absolute atomic E-state index is 0.677. The highest BCUT2D eigenvalue weighted by atomic mass is 16.5. The van der Waals surface area contributed by atoms with Crippen molar-refractivity contribution >= 4 is 5.69 Å². The van der Waals surface area contributed by atoms with E-state index in [1.54, 1.807) is 7.11 Å². The quantitative estimate of drug-likeness (QED) is 0.888. The normalized spacial score (nSPS) is 38.0. The van der Waals surface area contributed by atoms with Crippen molar-refractivity contribution in [2.45, 2.75) is 45.1 Å². The third-order valence-electron chi connectivity index (χ3n) is 6.13. The number of hydrogen-bond acceptors (Lipinski definition) is 2. The summed E-state index contributed by atoms with van der Waals surface area (Å²) in [5.74, 6) is 5.00. The molecule has 0 radical (unpaired) electrons. The molecule has 5 unspecified atom stereocenters. The van der Waals surface area contributed by atoms with Gasteiger partial charge in [-0.15, -0.1) is 0 Å². The molecule has 3 saturated carbocycles. The van der Waals surface area contributed by atoms with Crippen molar-refractivity contribution in [1.82, 2.24) is 0 Å². The van der Waals surface area contributed by atoms with Crippen molar-refractivity contribution in [1.29, 1.82) is 0 Å². The van der Waals surface area contributed by atoms with Gasteiger partial charge in [-0.1, -0.05) is 12.5 Å². The van der Waals surface area contributed by atoms with Gasteiger partial charge in [0, 0.05) is 6.04 Å². The fourth-order valence-corrected chi connectivity index (χ4v) is 5.35.